The quantitative estimate of drug-likeness (QED) is 0.851. The molecule has 0 bridgehead atoms. The fourth-order valence-electron chi connectivity index (χ4n) is 2.36. The average Bonchev–Trinajstić information content (AvgIpc) is 2.40. The van der Waals surface area contributed by atoms with Gasteiger partial charge in [-0.25, -0.2) is 0 Å². The molecule has 1 saturated heterocycles. The van der Waals surface area contributed by atoms with Crippen LogP contribution in [0.5, 0.6) is 0 Å². The third kappa shape index (κ3) is 3.23. The largest absolute Gasteiger partial charge is 0.382 e. The maximum Gasteiger partial charge on any atom is 0.248 e. The maximum atomic E-state index is 11.0. The van der Waals surface area contributed by atoms with Crippen molar-refractivity contribution in [1.29, 1.82) is 0 Å². The highest BCUT2D eigenvalue weighted by Crippen LogP contribution is 2.17. The predicted molar refractivity (Wildman–Crippen MR) is 73.7 cm³/mol. The lowest BCUT2D eigenvalue weighted by Gasteiger charge is -2.32. The van der Waals surface area contributed by atoms with Crippen molar-refractivity contribution in [3.8, 4) is 0 Å². The first-order valence-corrected chi connectivity index (χ1v) is 6.58. The van der Waals surface area contributed by atoms with Crippen molar-refractivity contribution in [1.82, 2.24) is 4.90 Å². The van der Waals surface area contributed by atoms with E-state index in [1.807, 2.05) is 12.1 Å². The Morgan fingerprint density at radius 1 is 1.33 bits per heavy atom. The molecule has 4 heteroatoms. The van der Waals surface area contributed by atoms with Gasteiger partial charge in [0.05, 0.1) is 0 Å². The zero-order valence-electron chi connectivity index (χ0n) is 10.9. The second kappa shape index (κ2) is 5.87. The first-order valence-electron chi connectivity index (χ1n) is 6.58. The highest BCUT2D eigenvalue weighted by Gasteiger charge is 2.17. The van der Waals surface area contributed by atoms with E-state index in [0.29, 0.717) is 11.6 Å². The number of piperidine rings is 1. The Morgan fingerprint density at radius 3 is 2.44 bits per heavy atom. The molecule has 0 atom stereocenters. The minimum atomic E-state index is -0.377. The molecule has 18 heavy (non-hydrogen) atoms. The Labute approximate surface area is 108 Å². The van der Waals surface area contributed by atoms with Gasteiger partial charge in [-0.3, -0.25) is 4.79 Å². The number of amides is 1. The molecule has 1 aromatic rings. The number of benzene rings is 1. The Hall–Kier alpha value is -1.55. The molecule has 0 spiro atoms. The third-order valence-electron chi connectivity index (χ3n) is 3.58. The lowest BCUT2D eigenvalue weighted by molar-refractivity contribution is 0.100. The third-order valence-corrected chi connectivity index (χ3v) is 3.58. The summed E-state index contributed by atoms with van der Waals surface area (Å²) in [6.45, 7) is 5.66. The van der Waals surface area contributed by atoms with Gasteiger partial charge in [0.25, 0.3) is 0 Å². The molecule has 0 unspecified atom stereocenters. The molecule has 1 aromatic carbocycles. The first-order chi connectivity index (χ1) is 8.69. The average molecular weight is 247 g/mol. The zero-order chi connectivity index (χ0) is 13.0. The summed E-state index contributed by atoms with van der Waals surface area (Å²) in [7, 11) is 0. The number of carbonyl (C=O) groups excluding carboxylic acids is 1. The molecule has 3 N–H and O–H groups in total. The first kappa shape index (κ1) is 12.9. The molecular weight excluding hydrogens is 226 g/mol. The van der Waals surface area contributed by atoms with E-state index in [0.717, 1.165) is 25.3 Å². The number of rotatable bonds is 4. The number of anilines is 1. The lowest BCUT2D eigenvalue weighted by Crippen LogP contribution is -2.38. The van der Waals surface area contributed by atoms with Gasteiger partial charge in [0.1, 0.15) is 0 Å². The number of primary amides is 1. The van der Waals surface area contributed by atoms with Gasteiger partial charge in [0.15, 0.2) is 0 Å². The van der Waals surface area contributed by atoms with Crippen molar-refractivity contribution in [2.24, 2.45) is 5.73 Å². The van der Waals surface area contributed by atoms with Gasteiger partial charge >= 0.3 is 0 Å². The molecule has 98 valence electrons. The highest BCUT2D eigenvalue weighted by molar-refractivity contribution is 5.93. The summed E-state index contributed by atoms with van der Waals surface area (Å²) in [6.07, 6.45) is 2.34. The van der Waals surface area contributed by atoms with E-state index in [1.165, 1.54) is 12.8 Å². The van der Waals surface area contributed by atoms with Crippen LogP contribution in [0.3, 0.4) is 0 Å². The number of likely N-dealkylation sites (tertiary alicyclic amines) is 1. The van der Waals surface area contributed by atoms with E-state index < -0.39 is 0 Å². The minimum Gasteiger partial charge on any atom is -0.382 e. The van der Waals surface area contributed by atoms with Crippen LogP contribution in [-0.4, -0.2) is 36.5 Å². The van der Waals surface area contributed by atoms with Crippen molar-refractivity contribution in [3.63, 3.8) is 0 Å². The van der Waals surface area contributed by atoms with Gasteiger partial charge in [-0.15, -0.1) is 0 Å². The van der Waals surface area contributed by atoms with Gasteiger partial charge in [0.2, 0.25) is 5.91 Å². The van der Waals surface area contributed by atoms with Crippen molar-refractivity contribution in [2.75, 3.05) is 25.0 Å². The smallest absolute Gasteiger partial charge is 0.248 e. The monoisotopic (exact) mass is 247 g/mol. The summed E-state index contributed by atoms with van der Waals surface area (Å²) in [6, 6.07) is 7.92. The molecule has 0 aliphatic carbocycles. The van der Waals surface area contributed by atoms with Crippen molar-refractivity contribution < 1.29 is 4.79 Å². The summed E-state index contributed by atoms with van der Waals surface area (Å²) < 4.78 is 0. The van der Waals surface area contributed by atoms with E-state index >= 15 is 0 Å². The summed E-state index contributed by atoms with van der Waals surface area (Å²) in [5.41, 5.74) is 6.84. The van der Waals surface area contributed by atoms with Crippen molar-refractivity contribution >= 4 is 11.6 Å². The molecule has 0 radical (unpaired) electrons. The molecule has 1 aliphatic heterocycles. The van der Waals surface area contributed by atoms with Crippen molar-refractivity contribution in [3.05, 3.63) is 29.8 Å². The van der Waals surface area contributed by atoms with E-state index in [4.69, 9.17) is 5.73 Å². The van der Waals surface area contributed by atoms with Crippen LogP contribution in [0.1, 0.15) is 30.1 Å². The SMILES string of the molecule is CCN1CCC(Nc2ccc(C(N)=O)cc2)CC1. The summed E-state index contributed by atoms with van der Waals surface area (Å²) in [4.78, 5) is 13.4. The molecule has 1 fully saturated rings. The maximum absolute atomic E-state index is 11.0. The molecule has 1 amide bonds. The number of hydrogen-bond acceptors (Lipinski definition) is 3. The molecule has 2 rings (SSSR count). The van der Waals surface area contributed by atoms with Crippen LogP contribution in [0.4, 0.5) is 5.69 Å². The van der Waals surface area contributed by atoms with Gasteiger partial charge in [-0.05, 0) is 43.7 Å². The Bertz CT molecular complexity index is 394. The number of carbonyl (C=O) groups is 1. The van der Waals surface area contributed by atoms with Crippen LogP contribution in [0.15, 0.2) is 24.3 Å². The van der Waals surface area contributed by atoms with Gasteiger partial charge < -0.3 is 16.0 Å². The van der Waals surface area contributed by atoms with Crippen molar-refractivity contribution in [2.45, 2.75) is 25.8 Å². The summed E-state index contributed by atoms with van der Waals surface area (Å²) in [5, 5.41) is 3.51. The molecule has 4 nitrogen and oxygen atoms in total. The van der Waals surface area contributed by atoms with Crippen LogP contribution >= 0.6 is 0 Å². The standard InChI is InChI=1S/C14H21N3O/c1-2-17-9-7-13(8-10-17)16-12-5-3-11(4-6-12)14(15)18/h3-6,13,16H,2,7-10H2,1H3,(H2,15,18). The fourth-order valence-corrected chi connectivity index (χ4v) is 2.36. The van der Waals surface area contributed by atoms with E-state index in [-0.39, 0.29) is 5.91 Å². The minimum absolute atomic E-state index is 0.377. The summed E-state index contributed by atoms with van der Waals surface area (Å²) >= 11 is 0. The van der Waals surface area contributed by atoms with Crippen LogP contribution in [0, 0.1) is 0 Å². The second-order valence-electron chi connectivity index (χ2n) is 4.79. The Balaban J connectivity index is 1.88. The molecular formula is C14H21N3O. The van der Waals surface area contributed by atoms with E-state index in [1.54, 1.807) is 12.1 Å². The van der Waals surface area contributed by atoms with Crippen LogP contribution in [-0.2, 0) is 0 Å². The van der Waals surface area contributed by atoms with E-state index in [9.17, 15) is 4.79 Å². The number of nitrogens with two attached hydrogens (primary N) is 1. The Kier molecular flexibility index (Phi) is 4.20. The predicted octanol–water partition coefficient (Wildman–Crippen LogP) is 1.68. The number of hydrogen-bond donors (Lipinski definition) is 2. The van der Waals surface area contributed by atoms with Gasteiger partial charge in [-0.2, -0.15) is 0 Å². The molecule has 0 saturated carbocycles. The normalized spacial score (nSPS) is 17.6. The zero-order valence-corrected chi connectivity index (χ0v) is 10.9. The molecule has 1 aliphatic rings. The van der Waals surface area contributed by atoms with Gasteiger partial charge in [0, 0.05) is 30.4 Å². The second-order valence-corrected chi connectivity index (χ2v) is 4.79. The van der Waals surface area contributed by atoms with Gasteiger partial charge in [-0.1, -0.05) is 6.92 Å². The molecule has 1 heterocycles. The topological polar surface area (TPSA) is 58.4 Å². The fraction of sp³-hybridized carbons (Fsp3) is 0.500. The van der Waals surface area contributed by atoms with Crippen LogP contribution in [0.25, 0.3) is 0 Å². The number of nitrogens with zero attached hydrogens (tertiary/aromatic N) is 1. The van der Waals surface area contributed by atoms with E-state index in [2.05, 4.69) is 17.1 Å². The molecule has 0 aromatic heterocycles. The van der Waals surface area contributed by atoms with Crippen LogP contribution < -0.4 is 11.1 Å². The lowest BCUT2D eigenvalue weighted by atomic mass is 10.0. The highest BCUT2D eigenvalue weighted by atomic mass is 16.1. The number of nitrogens with one attached hydrogen (secondary N) is 1. The Morgan fingerprint density at radius 2 is 1.94 bits per heavy atom. The van der Waals surface area contributed by atoms with Crippen LogP contribution in [0.2, 0.25) is 0 Å². The summed E-state index contributed by atoms with van der Waals surface area (Å²) in [5.74, 6) is -0.377.